The number of halogens is 3. The molecule has 0 aliphatic rings. The number of hydrogen-bond donors (Lipinski definition) is 2. The SMILES string of the molecule is O=C(NCCOCC(F)F)c1cc(S)ccc1F. The van der Waals surface area contributed by atoms with E-state index >= 15 is 0 Å². The Morgan fingerprint density at radius 2 is 2.17 bits per heavy atom. The van der Waals surface area contributed by atoms with E-state index in [1.807, 2.05) is 0 Å². The van der Waals surface area contributed by atoms with Gasteiger partial charge in [0.1, 0.15) is 12.4 Å². The number of carbonyl (C=O) groups is 1. The van der Waals surface area contributed by atoms with Crippen LogP contribution in [-0.2, 0) is 4.74 Å². The van der Waals surface area contributed by atoms with Crippen LogP contribution < -0.4 is 5.32 Å². The van der Waals surface area contributed by atoms with Crippen LogP contribution in [0.4, 0.5) is 13.2 Å². The molecule has 0 radical (unpaired) electrons. The van der Waals surface area contributed by atoms with Gasteiger partial charge in [-0.25, -0.2) is 13.2 Å². The van der Waals surface area contributed by atoms with E-state index in [2.05, 4.69) is 22.7 Å². The summed E-state index contributed by atoms with van der Waals surface area (Å²) in [5.74, 6) is -1.30. The molecule has 100 valence electrons. The van der Waals surface area contributed by atoms with Crippen molar-refractivity contribution in [2.24, 2.45) is 0 Å². The van der Waals surface area contributed by atoms with Gasteiger partial charge in [0.05, 0.1) is 12.2 Å². The Labute approximate surface area is 108 Å². The van der Waals surface area contributed by atoms with Crippen molar-refractivity contribution in [3.63, 3.8) is 0 Å². The molecule has 0 aliphatic carbocycles. The number of hydrogen-bond acceptors (Lipinski definition) is 3. The van der Waals surface area contributed by atoms with Crippen molar-refractivity contribution in [3.05, 3.63) is 29.6 Å². The maximum atomic E-state index is 13.3. The van der Waals surface area contributed by atoms with E-state index in [1.54, 1.807) is 0 Å². The molecular weight excluding hydrogens is 267 g/mol. The third-order valence-electron chi connectivity index (χ3n) is 1.97. The zero-order valence-electron chi connectivity index (χ0n) is 9.33. The standard InChI is InChI=1S/C11H12F3NO2S/c12-9-2-1-7(18)5-8(9)11(16)15-3-4-17-6-10(13)14/h1-2,5,10,18H,3-4,6H2,(H,15,16). The Balaban J connectivity index is 2.39. The highest BCUT2D eigenvalue weighted by Gasteiger charge is 2.11. The maximum Gasteiger partial charge on any atom is 0.261 e. The first-order valence-electron chi connectivity index (χ1n) is 5.13. The zero-order chi connectivity index (χ0) is 13.5. The number of alkyl halides is 2. The van der Waals surface area contributed by atoms with Gasteiger partial charge < -0.3 is 10.1 Å². The van der Waals surface area contributed by atoms with Gasteiger partial charge in [-0.3, -0.25) is 4.79 Å². The van der Waals surface area contributed by atoms with Gasteiger partial charge in [-0.1, -0.05) is 0 Å². The molecule has 0 fully saturated rings. The van der Waals surface area contributed by atoms with Crippen LogP contribution in [0.25, 0.3) is 0 Å². The van der Waals surface area contributed by atoms with Crippen molar-refractivity contribution in [2.45, 2.75) is 11.3 Å². The lowest BCUT2D eigenvalue weighted by Gasteiger charge is -2.07. The van der Waals surface area contributed by atoms with Crippen LogP contribution in [0.1, 0.15) is 10.4 Å². The third kappa shape index (κ3) is 4.97. The van der Waals surface area contributed by atoms with Crippen LogP contribution in [0.15, 0.2) is 23.1 Å². The minimum Gasteiger partial charge on any atom is -0.374 e. The summed E-state index contributed by atoms with van der Waals surface area (Å²) >= 11 is 3.99. The molecular formula is C11H12F3NO2S. The van der Waals surface area contributed by atoms with Gasteiger partial charge in [-0.05, 0) is 18.2 Å². The number of ether oxygens (including phenoxy) is 1. The molecule has 0 aromatic heterocycles. The fourth-order valence-electron chi connectivity index (χ4n) is 1.19. The molecule has 3 nitrogen and oxygen atoms in total. The molecule has 1 N–H and O–H groups in total. The van der Waals surface area contributed by atoms with E-state index in [-0.39, 0.29) is 18.7 Å². The molecule has 1 aromatic rings. The minimum atomic E-state index is -2.54. The first-order valence-corrected chi connectivity index (χ1v) is 5.58. The van der Waals surface area contributed by atoms with Gasteiger partial charge in [0.15, 0.2) is 0 Å². The lowest BCUT2D eigenvalue weighted by atomic mass is 10.2. The second-order valence-electron chi connectivity index (χ2n) is 3.39. The summed E-state index contributed by atoms with van der Waals surface area (Å²) in [6.45, 7) is -0.712. The number of thiol groups is 1. The number of amides is 1. The lowest BCUT2D eigenvalue weighted by Crippen LogP contribution is -2.28. The highest BCUT2D eigenvalue weighted by Crippen LogP contribution is 2.13. The summed E-state index contributed by atoms with van der Waals surface area (Å²) in [6.07, 6.45) is -2.54. The van der Waals surface area contributed by atoms with Crippen molar-refractivity contribution in [1.82, 2.24) is 5.32 Å². The molecule has 7 heteroatoms. The predicted octanol–water partition coefficient (Wildman–Crippen LogP) is 2.13. The van der Waals surface area contributed by atoms with Gasteiger partial charge >= 0.3 is 0 Å². The van der Waals surface area contributed by atoms with E-state index < -0.39 is 24.8 Å². The first-order chi connectivity index (χ1) is 8.50. The zero-order valence-corrected chi connectivity index (χ0v) is 10.2. The number of benzene rings is 1. The van der Waals surface area contributed by atoms with Crippen molar-refractivity contribution in [1.29, 1.82) is 0 Å². The molecule has 18 heavy (non-hydrogen) atoms. The van der Waals surface area contributed by atoms with Gasteiger partial charge in [-0.2, -0.15) is 0 Å². The normalized spacial score (nSPS) is 10.7. The quantitative estimate of drug-likeness (QED) is 0.618. The summed E-state index contributed by atoms with van der Waals surface area (Å²) in [6, 6.07) is 3.83. The van der Waals surface area contributed by atoms with E-state index in [4.69, 9.17) is 0 Å². The highest BCUT2D eigenvalue weighted by atomic mass is 32.1. The smallest absolute Gasteiger partial charge is 0.261 e. The van der Waals surface area contributed by atoms with Crippen LogP contribution in [0.2, 0.25) is 0 Å². The molecule has 0 bridgehead atoms. The first kappa shape index (κ1) is 14.8. The van der Waals surface area contributed by atoms with Gasteiger partial charge in [0.2, 0.25) is 0 Å². The van der Waals surface area contributed by atoms with Crippen LogP contribution in [0.5, 0.6) is 0 Å². The Morgan fingerprint density at radius 1 is 1.44 bits per heavy atom. The van der Waals surface area contributed by atoms with Crippen LogP contribution in [-0.4, -0.2) is 32.1 Å². The largest absolute Gasteiger partial charge is 0.374 e. The number of nitrogens with one attached hydrogen (secondary N) is 1. The number of rotatable bonds is 6. The van der Waals surface area contributed by atoms with Crippen molar-refractivity contribution in [3.8, 4) is 0 Å². The van der Waals surface area contributed by atoms with Crippen LogP contribution >= 0.6 is 12.6 Å². The summed E-state index contributed by atoms with van der Waals surface area (Å²) < 4.78 is 41.3. The van der Waals surface area contributed by atoms with Crippen molar-refractivity contribution >= 4 is 18.5 Å². The van der Waals surface area contributed by atoms with Crippen LogP contribution in [0.3, 0.4) is 0 Å². The Hall–Kier alpha value is -1.21. The fourth-order valence-corrected chi connectivity index (χ4v) is 1.40. The molecule has 1 aromatic carbocycles. The van der Waals surface area contributed by atoms with E-state index in [0.29, 0.717) is 4.90 Å². The molecule has 0 spiro atoms. The van der Waals surface area contributed by atoms with Gasteiger partial charge in [0.25, 0.3) is 12.3 Å². The summed E-state index contributed by atoms with van der Waals surface area (Å²) in [7, 11) is 0. The average Bonchev–Trinajstić information content (AvgIpc) is 2.31. The minimum absolute atomic E-state index is 0.0296. The van der Waals surface area contributed by atoms with E-state index in [9.17, 15) is 18.0 Å². The Kier molecular flexibility index (Phi) is 6.00. The average molecular weight is 279 g/mol. The molecule has 0 unspecified atom stereocenters. The third-order valence-corrected chi connectivity index (χ3v) is 2.25. The molecule has 0 atom stereocenters. The molecule has 0 saturated heterocycles. The maximum absolute atomic E-state index is 13.3. The summed E-state index contributed by atoms with van der Waals surface area (Å²) in [5, 5.41) is 2.36. The Morgan fingerprint density at radius 3 is 2.83 bits per heavy atom. The second-order valence-corrected chi connectivity index (χ2v) is 3.90. The van der Waals surface area contributed by atoms with E-state index in [1.165, 1.54) is 12.1 Å². The number of carbonyl (C=O) groups excluding carboxylic acids is 1. The lowest BCUT2D eigenvalue weighted by molar-refractivity contribution is 0.0188. The van der Waals surface area contributed by atoms with Crippen LogP contribution in [0, 0.1) is 5.82 Å². The second kappa shape index (κ2) is 7.27. The monoisotopic (exact) mass is 279 g/mol. The predicted molar refractivity (Wildman–Crippen MR) is 62.8 cm³/mol. The van der Waals surface area contributed by atoms with E-state index in [0.717, 1.165) is 6.07 Å². The van der Waals surface area contributed by atoms with Crippen molar-refractivity contribution < 1.29 is 22.7 Å². The fraction of sp³-hybridized carbons (Fsp3) is 0.364. The molecule has 1 rings (SSSR count). The van der Waals surface area contributed by atoms with Crippen molar-refractivity contribution in [2.75, 3.05) is 19.8 Å². The molecule has 0 saturated carbocycles. The molecule has 1 amide bonds. The summed E-state index contributed by atoms with van der Waals surface area (Å²) in [5.41, 5.74) is -0.142. The van der Waals surface area contributed by atoms with Gasteiger partial charge in [-0.15, -0.1) is 12.6 Å². The Bertz CT molecular complexity index is 415. The topological polar surface area (TPSA) is 38.3 Å². The highest BCUT2D eigenvalue weighted by molar-refractivity contribution is 7.80. The van der Waals surface area contributed by atoms with Gasteiger partial charge in [0, 0.05) is 11.4 Å². The molecule has 0 aliphatic heterocycles. The molecule has 0 heterocycles. The summed E-state index contributed by atoms with van der Waals surface area (Å²) in [4.78, 5) is 12.0.